The lowest BCUT2D eigenvalue weighted by atomic mass is 10.1. The van der Waals surface area contributed by atoms with Crippen molar-refractivity contribution >= 4 is 5.91 Å². The van der Waals surface area contributed by atoms with E-state index < -0.39 is 0 Å². The number of aryl methyl sites for hydroxylation is 1. The Hall–Kier alpha value is -2.41. The van der Waals surface area contributed by atoms with Crippen molar-refractivity contribution in [3.63, 3.8) is 0 Å². The molecular weight excluding hydrogens is 334 g/mol. The normalized spacial score (nSPS) is 15.0. The predicted octanol–water partition coefficient (Wildman–Crippen LogP) is 2.90. The second-order valence-electron chi connectivity index (χ2n) is 6.42. The molecule has 3 rings (SSSR count). The molecule has 0 radical (unpaired) electrons. The molecule has 0 spiro atoms. The lowest BCUT2D eigenvalue weighted by molar-refractivity contribution is 0.0696. The number of pyridine rings is 1. The fraction of sp³-hybridized carbons (Fsp3) is 0.526. The van der Waals surface area contributed by atoms with E-state index in [9.17, 15) is 4.79 Å². The van der Waals surface area contributed by atoms with Gasteiger partial charge in [-0.15, -0.1) is 0 Å². The SMILES string of the molecule is CCCCc1nocc1COc1ccc(C(=O)NC2CCOCC2)cn1. The average Bonchev–Trinajstić information content (AvgIpc) is 3.13. The number of carbonyl (C=O) groups excluding carboxylic acids is 1. The van der Waals surface area contributed by atoms with E-state index in [0.717, 1.165) is 43.4 Å². The highest BCUT2D eigenvalue weighted by Gasteiger charge is 2.17. The Kier molecular flexibility index (Phi) is 6.60. The molecule has 0 unspecified atom stereocenters. The van der Waals surface area contributed by atoms with Crippen LogP contribution in [0.1, 0.15) is 54.2 Å². The summed E-state index contributed by atoms with van der Waals surface area (Å²) >= 11 is 0. The van der Waals surface area contributed by atoms with Gasteiger partial charge in [-0.3, -0.25) is 4.79 Å². The number of ether oxygens (including phenoxy) is 2. The van der Waals surface area contributed by atoms with Crippen LogP contribution in [0.4, 0.5) is 0 Å². The molecule has 1 fully saturated rings. The Morgan fingerprint density at radius 2 is 2.19 bits per heavy atom. The first kappa shape index (κ1) is 18.4. The second kappa shape index (κ2) is 9.33. The Bertz CT molecular complexity index is 693. The highest BCUT2D eigenvalue weighted by atomic mass is 16.5. The Morgan fingerprint density at radius 1 is 1.35 bits per heavy atom. The maximum absolute atomic E-state index is 12.3. The van der Waals surface area contributed by atoms with E-state index in [1.807, 2.05) is 0 Å². The Balaban J connectivity index is 1.51. The first-order valence-electron chi connectivity index (χ1n) is 9.16. The number of nitrogens with zero attached hydrogens (tertiary/aromatic N) is 2. The van der Waals surface area contributed by atoms with Gasteiger partial charge in [0.1, 0.15) is 12.9 Å². The molecular formula is C19H25N3O4. The quantitative estimate of drug-likeness (QED) is 0.780. The number of aromatic nitrogens is 2. The predicted molar refractivity (Wildman–Crippen MR) is 95.0 cm³/mol. The Labute approximate surface area is 153 Å². The van der Waals surface area contributed by atoms with Crippen molar-refractivity contribution in [1.82, 2.24) is 15.5 Å². The average molecular weight is 359 g/mol. The molecule has 0 saturated carbocycles. The zero-order valence-corrected chi connectivity index (χ0v) is 15.1. The van der Waals surface area contributed by atoms with E-state index in [2.05, 4.69) is 22.4 Å². The highest BCUT2D eigenvalue weighted by Crippen LogP contribution is 2.15. The minimum absolute atomic E-state index is 0.114. The van der Waals surface area contributed by atoms with Gasteiger partial charge in [0.2, 0.25) is 5.88 Å². The van der Waals surface area contributed by atoms with Crippen molar-refractivity contribution in [2.45, 2.75) is 51.7 Å². The number of nitrogens with one attached hydrogen (secondary N) is 1. The van der Waals surface area contributed by atoms with Gasteiger partial charge in [-0.25, -0.2) is 4.98 Å². The lowest BCUT2D eigenvalue weighted by Crippen LogP contribution is -2.38. The zero-order chi connectivity index (χ0) is 18.2. The van der Waals surface area contributed by atoms with Crippen molar-refractivity contribution in [3.05, 3.63) is 41.4 Å². The smallest absolute Gasteiger partial charge is 0.253 e. The summed E-state index contributed by atoms with van der Waals surface area (Å²) in [5.74, 6) is 0.354. The van der Waals surface area contributed by atoms with Crippen LogP contribution in [0.5, 0.6) is 5.88 Å². The third-order valence-corrected chi connectivity index (χ3v) is 4.43. The maximum atomic E-state index is 12.3. The van der Waals surface area contributed by atoms with Crippen LogP contribution >= 0.6 is 0 Å². The van der Waals surface area contributed by atoms with E-state index in [1.165, 1.54) is 6.20 Å². The topological polar surface area (TPSA) is 86.5 Å². The Morgan fingerprint density at radius 3 is 2.92 bits per heavy atom. The fourth-order valence-corrected chi connectivity index (χ4v) is 2.81. The minimum Gasteiger partial charge on any atom is -0.473 e. The van der Waals surface area contributed by atoms with Crippen LogP contribution in [0.25, 0.3) is 0 Å². The largest absolute Gasteiger partial charge is 0.473 e. The summed E-state index contributed by atoms with van der Waals surface area (Å²) in [5, 5.41) is 7.04. The molecule has 0 bridgehead atoms. The summed E-state index contributed by atoms with van der Waals surface area (Å²) < 4.78 is 16.0. The number of unbranched alkanes of at least 4 members (excludes halogenated alkanes) is 1. The van der Waals surface area contributed by atoms with Gasteiger partial charge >= 0.3 is 0 Å². The monoisotopic (exact) mass is 359 g/mol. The lowest BCUT2D eigenvalue weighted by Gasteiger charge is -2.23. The number of amides is 1. The van der Waals surface area contributed by atoms with E-state index in [4.69, 9.17) is 14.0 Å². The van der Waals surface area contributed by atoms with Crippen molar-refractivity contribution in [2.75, 3.05) is 13.2 Å². The van der Waals surface area contributed by atoms with Crippen LogP contribution in [-0.2, 0) is 17.8 Å². The standard InChI is InChI=1S/C19H25N3O4/c1-2-3-4-17-15(13-26-22-17)12-25-18-6-5-14(11-20-18)19(23)21-16-7-9-24-10-8-16/h5-6,11,13,16H,2-4,7-10,12H2,1H3,(H,21,23). The number of carbonyl (C=O) groups is 1. The summed E-state index contributed by atoms with van der Waals surface area (Å²) in [5.41, 5.74) is 2.39. The first-order valence-corrected chi connectivity index (χ1v) is 9.16. The van der Waals surface area contributed by atoms with E-state index in [0.29, 0.717) is 31.3 Å². The molecule has 2 aromatic rings. The number of hydrogen-bond acceptors (Lipinski definition) is 6. The van der Waals surface area contributed by atoms with Crippen molar-refractivity contribution in [1.29, 1.82) is 0 Å². The van der Waals surface area contributed by atoms with E-state index in [-0.39, 0.29) is 11.9 Å². The summed E-state index contributed by atoms with van der Waals surface area (Å²) in [7, 11) is 0. The van der Waals surface area contributed by atoms with Crippen LogP contribution in [0.3, 0.4) is 0 Å². The molecule has 2 aromatic heterocycles. The molecule has 7 nitrogen and oxygen atoms in total. The van der Waals surface area contributed by atoms with Crippen molar-refractivity contribution < 1.29 is 18.8 Å². The summed E-state index contributed by atoms with van der Waals surface area (Å²) in [6, 6.07) is 3.60. The first-order chi connectivity index (χ1) is 12.8. The zero-order valence-electron chi connectivity index (χ0n) is 15.1. The number of rotatable bonds is 8. The molecule has 1 saturated heterocycles. The molecule has 7 heteroatoms. The molecule has 140 valence electrons. The number of hydrogen-bond donors (Lipinski definition) is 1. The molecule has 1 aliphatic rings. The molecule has 3 heterocycles. The molecule has 1 amide bonds. The van der Waals surface area contributed by atoms with Gasteiger partial charge in [0, 0.05) is 31.5 Å². The van der Waals surface area contributed by atoms with E-state index >= 15 is 0 Å². The summed E-state index contributed by atoms with van der Waals surface area (Å²) in [4.78, 5) is 16.5. The van der Waals surface area contributed by atoms with Gasteiger partial charge in [-0.1, -0.05) is 18.5 Å². The highest BCUT2D eigenvalue weighted by molar-refractivity contribution is 5.94. The van der Waals surface area contributed by atoms with E-state index in [1.54, 1.807) is 18.4 Å². The van der Waals surface area contributed by atoms with Crippen LogP contribution in [-0.4, -0.2) is 35.3 Å². The fourth-order valence-electron chi connectivity index (χ4n) is 2.81. The van der Waals surface area contributed by atoms with Gasteiger partial charge in [0.05, 0.1) is 16.8 Å². The maximum Gasteiger partial charge on any atom is 0.253 e. The molecule has 26 heavy (non-hydrogen) atoms. The van der Waals surface area contributed by atoms with Crippen molar-refractivity contribution in [2.24, 2.45) is 0 Å². The van der Waals surface area contributed by atoms with Crippen LogP contribution in [0, 0.1) is 0 Å². The summed E-state index contributed by atoms with van der Waals surface area (Å²) in [6.45, 7) is 3.88. The van der Waals surface area contributed by atoms with Gasteiger partial charge < -0.3 is 19.3 Å². The molecule has 0 atom stereocenters. The van der Waals surface area contributed by atoms with Crippen molar-refractivity contribution in [3.8, 4) is 5.88 Å². The molecule has 0 aliphatic carbocycles. The summed E-state index contributed by atoms with van der Waals surface area (Å²) in [6.07, 6.45) is 7.89. The molecule has 1 aliphatic heterocycles. The van der Waals surface area contributed by atoms with Crippen LogP contribution in [0.15, 0.2) is 29.1 Å². The third kappa shape index (κ3) is 5.05. The van der Waals surface area contributed by atoms with Crippen LogP contribution < -0.4 is 10.1 Å². The van der Waals surface area contributed by atoms with Gasteiger partial charge in [0.15, 0.2) is 0 Å². The third-order valence-electron chi connectivity index (χ3n) is 4.43. The minimum atomic E-state index is -0.114. The molecule has 0 aromatic carbocycles. The second-order valence-corrected chi connectivity index (χ2v) is 6.42. The van der Waals surface area contributed by atoms with Gasteiger partial charge in [-0.05, 0) is 31.7 Å². The van der Waals surface area contributed by atoms with Gasteiger partial charge in [0.25, 0.3) is 5.91 Å². The van der Waals surface area contributed by atoms with Crippen LogP contribution in [0.2, 0.25) is 0 Å². The molecule has 1 N–H and O–H groups in total. The van der Waals surface area contributed by atoms with Gasteiger partial charge in [-0.2, -0.15) is 0 Å².